The third-order valence-corrected chi connectivity index (χ3v) is 5.01. The van der Waals surface area contributed by atoms with E-state index in [0.717, 1.165) is 56.1 Å². The molecule has 2 rings (SSSR count). The van der Waals surface area contributed by atoms with Crippen molar-refractivity contribution in [3.8, 4) is 11.5 Å². The van der Waals surface area contributed by atoms with Crippen LogP contribution < -0.4 is 4.74 Å². The van der Waals surface area contributed by atoms with E-state index < -0.39 is 12.4 Å². The van der Waals surface area contributed by atoms with Crippen LogP contribution in [0.1, 0.15) is 83.3 Å². The van der Waals surface area contributed by atoms with Crippen molar-refractivity contribution in [3.63, 3.8) is 0 Å². The number of carbonyl (C=O) groups is 1. The summed E-state index contributed by atoms with van der Waals surface area (Å²) in [6.07, 6.45) is 8.00. The van der Waals surface area contributed by atoms with Gasteiger partial charge < -0.3 is 19.3 Å². The van der Waals surface area contributed by atoms with E-state index in [9.17, 15) is 9.90 Å². The van der Waals surface area contributed by atoms with Crippen molar-refractivity contribution in [2.24, 2.45) is 0 Å². The molecule has 28 heavy (non-hydrogen) atoms. The summed E-state index contributed by atoms with van der Waals surface area (Å²) in [5.74, 6) is 0.936. The van der Waals surface area contributed by atoms with Gasteiger partial charge >= 0.3 is 6.16 Å². The zero-order valence-corrected chi connectivity index (χ0v) is 17.6. The van der Waals surface area contributed by atoms with Gasteiger partial charge in [-0.3, -0.25) is 0 Å². The van der Waals surface area contributed by atoms with Gasteiger partial charge in [-0.05, 0) is 63.6 Å². The Morgan fingerprint density at radius 1 is 1.29 bits per heavy atom. The average Bonchev–Trinajstić information content (AvgIpc) is 2.61. The molecule has 1 aromatic rings. The fourth-order valence-electron chi connectivity index (χ4n) is 3.69. The van der Waals surface area contributed by atoms with Crippen LogP contribution in [-0.2, 0) is 15.9 Å². The summed E-state index contributed by atoms with van der Waals surface area (Å²) >= 11 is 0. The molecule has 0 fully saturated rings. The van der Waals surface area contributed by atoms with Crippen LogP contribution in [0, 0.1) is 0 Å². The SMILES string of the molecule is CCCCCc1cc(O)c(C2C=C(C)CCC2)c(OC(C)OC(=O)OCC)c1. The smallest absolute Gasteiger partial charge is 0.507 e. The normalized spacial score (nSPS) is 17.6. The molecular formula is C23H34O5. The molecule has 0 radical (unpaired) electrons. The van der Waals surface area contributed by atoms with Crippen LogP contribution in [0.15, 0.2) is 23.8 Å². The average molecular weight is 391 g/mol. The van der Waals surface area contributed by atoms with Crippen molar-refractivity contribution in [1.82, 2.24) is 0 Å². The predicted molar refractivity (Wildman–Crippen MR) is 110 cm³/mol. The topological polar surface area (TPSA) is 65.0 Å². The molecule has 0 amide bonds. The first-order valence-electron chi connectivity index (χ1n) is 10.5. The van der Waals surface area contributed by atoms with E-state index in [0.29, 0.717) is 5.75 Å². The molecule has 2 unspecified atom stereocenters. The van der Waals surface area contributed by atoms with Crippen LogP contribution >= 0.6 is 0 Å². The van der Waals surface area contributed by atoms with Crippen molar-refractivity contribution < 1.29 is 24.1 Å². The first kappa shape index (κ1) is 22.1. The van der Waals surface area contributed by atoms with E-state index >= 15 is 0 Å². The fraction of sp³-hybridized carbons (Fsp3) is 0.609. The molecule has 0 aliphatic heterocycles. The third-order valence-electron chi connectivity index (χ3n) is 5.01. The summed E-state index contributed by atoms with van der Waals surface area (Å²) in [7, 11) is 0. The number of aromatic hydroxyl groups is 1. The van der Waals surface area contributed by atoms with E-state index in [1.165, 1.54) is 5.57 Å². The van der Waals surface area contributed by atoms with Crippen molar-refractivity contribution in [2.75, 3.05) is 6.61 Å². The van der Waals surface area contributed by atoms with E-state index in [4.69, 9.17) is 14.2 Å². The highest BCUT2D eigenvalue weighted by atomic mass is 16.8. The highest BCUT2D eigenvalue weighted by Crippen LogP contribution is 2.42. The highest BCUT2D eigenvalue weighted by molar-refractivity contribution is 5.60. The number of phenolic OH excluding ortho intramolecular Hbond substituents is 1. The van der Waals surface area contributed by atoms with Gasteiger partial charge in [0.1, 0.15) is 11.5 Å². The second-order valence-electron chi connectivity index (χ2n) is 7.48. The number of unbranched alkanes of at least 4 members (excludes halogenated alkanes) is 2. The number of carbonyl (C=O) groups excluding carboxylic acids is 1. The molecule has 1 aliphatic carbocycles. The van der Waals surface area contributed by atoms with Crippen LogP contribution in [0.5, 0.6) is 11.5 Å². The Morgan fingerprint density at radius 2 is 2.07 bits per heavy atom. The molecule has 1 aliphatic rings. The first-order valence-corrected chi connectivity index (χ1v) is 10.5. The van der Waals surface area contributed by atoms with Gasteiger partial charge in [0.25, 0.3) is 0 Å². The van der Waals surface area contributed by atoms with Gasteiger partial charge in [-0.25, -0.2) is 4.79 Å². The van der Waals surface area contributed by atoms with Gasteiger partial charge in [0, 0.05) is 18.4 Å². The summed E-state index contributed by atoms with van der Waals surface area (Å²) in [6.45, 7) is 7.91. The summed E-state index contributed by atoms with van der Waals surface area (Å²) in [5.41, 5.74) is 3.13. The Balaban J connectivity index is 2.28. The number of benzene rings is 1. The number of hydrogen-bond acceptors (Lipinski definition) is 5. The molecule has 5 heteroatoms. The quantitative estimate of drug-likeness (QED) is 0.234. The van der Waals surface area contributed by atoms with Gasteiger partial charge in [-0.15, -0.1) is 0 Å². The Morgan fingerprint density at radius 3 is 2.75 bits per heavy atom. The lowest BCUT2D eigenvalue weighted by atomic mass is 9.84. The van der Waals surface area contributed by atoms with E-state index in [1.54, 1.807) is 13.8 Å². The molecule has 0 bridgehead atoms. The zero-order valence-electron chi connectivity index (χ0n) is 17.6. The van der Waals surface area contributed by atoms with Crippen LogP contribution in [0.25, 0.3) is 0 Å². The standard InChI is InChI=1S/C23H34O5/c1-5-7-8-11-18-14-20(24)22(19-12-9-10-16(3)13-19)21(15-18)27-17(4)28-23(25)26-6-2/h13-15,17,19,24H,5-12H2,1-4H3. The molecule has 5 nitrogen and oxygen atoms in total. The van der Waals surface area contributed by atoms with Gasteiger partial charge in [0.05, 0.1) is 6.61 Å². The molecular weight excluding hydrogens is 356 g/mol. The lowest BCUT2D eigenvalue weighted by molar-refractivity contribution is -0.0524. The second kappa shape index (κ2) is 11.0. The zero-order chi connectivity index (χ0) is 20.5. The van der Waals surface area contributed by atoms with Crippen LogP contribution in [0.4, 0.5) is 4.79 Å². The molecule has 1 N–H and O–H groups in total. The van der Waals surface area contributed by atoms with Gasteiger partial charge in [-0.1, -0.05) is 31.4 Å². The third kappa shape index (κ3) is 6.47. The summed E-state index contributed by atoms with van der Waals surface area (Å²) < 4.78 is 15.9. The monoisotopic (exact) mass is 390 g/mol. The Labute approximate surface area is 168 Å². The first-order chi connectivity index (χ1) is 13.4. The number of allylic oxidation sites excluding steroid dienone is 2. The fourth-order valence-corrected chi connectivity index (χ4v) is 3.69. The summed E-state index contributed by atoms with van der Waals surface area (Å²) in [6, 6.07) is 3.83. The number of ether oxygens (including phenoxy) is 3. The van der Waals surface area contributed by atoms with Gasteiger partial charge in [0.15, 0.2) is 0 Å². The summed E-state index contributed by atoms with van der Waals surface area (Å²) in [4.78, 5) is 11.6. The van der Waals surface area contributed by atoms with Crippen molar-refractivity contribution >= 4 is 6.16 Å². The lowest BCUT2D eigenvalue weighted by Crippen LogP contribution is -2.22. The molecule has 0 heterocycles. The lowest BCUT2D eigenvalue weighted by Gasteiger charge is -2.25. The molecule has 0 aromatic heterocycles. The van der Waals surface area contributed by atoms with E-state index in [2.05, 4.69) is 19.9 Å². The Kier molecular flexibility index (Phi) is 8.68. The molecule has 1 aromatic carbocycles. The number of hydrogen-bond donors (Lipinski definition) is 1. The minimum absolute atomic E-state index is 0.100. The van der Waals surface area contributed by atoms with Crippen molar-refractivity contribution in [3.05, 3.63) is 34.9 Å². The molecule has 0 saturated carbocycles. The second-order valence-corrected chi connectivity index (χ2v) is 7.48. The summed E-state index contributed by atoms with van der Waals surface area (Å²) in [5, 5.41) is 10.8. The van der Waals surface area contributed by atoms with E-state index in [1.807, 2.05) is 12.1 Å². The minimum Gasteiger partial charge on any atom is -0.507 e. The van der Waals surface area contributed by atoms with Crippen molar-refractivity contribution in [2.45, 2.75) is 84.8 Å². The number of phenols is 1. The number of rotatable bonds is 9. The highest BCUT2D eigenvalue weighted by Gasteiger charge is 2.24. The van der Waals surface area contributed by atoms with Gasteiger partial charge in [-0.2, -0.15) is 0 Å². The Hall–Kier alpha value is -2.17. The Bertz CT molecular complexity index is 680. The molecule has 2 atom stereocenters. The van der Waals surface area contributed by atoms with Crippen LogP contribution in [0.2, 0.25) is 0 Å². The predicted octanol–water partition coefficient (Wildman–Crippen LogP) is 6.24. The van der Waals surface area contributed by atoms with Crippen LogP contribution in [0.3, 0.4) is 0 Å². The van der Waals surface area contributed by atoms with E-state index in [-0.39, 0.29) is 18.3 Å². The largest absolute Gasteiger partial charge is 0.511 e. The maximum absolute atomic E-state index is 11.6. The number of aryl methyl sites for hydroxylation is 1. The minimum atomic E-state index is -0.809. The van der Waals surface area contributed by atoms with Gasteiger partial charge in [0.2, 0.25) is 6.29 Å². The molecule has 0 saturated heterocycles. The maximum atomic E-state index is 11.6. The van der Waals surface area contributed by atoms with Crippen molar-refractivity contribution in [1.29, 1.82) is 0 Å². The maximum Gasteiger partial charge on any atom is 0.511 e. The molecule has 156 valence electrons. The molecule has 0 spiro atoms. The van der Waals surface area contributed by atoms with Crippen LogP contribution in [-0.4, -0.2) is 24.2 Å².